The van der Waals surface area contributed by atoms with Crippen molar-refractivity contribution < 1.29 is 5.06 Å². The molecule has 1 N–H and O–H groups in total. The first-order valence-corrected chi connectivity index (χ1v) is 4.29. The summed E-state index contributed by atoms with van der Waals surface area (Å²) < 4.78 is 0. The van der Waals surface area contributed by atoms with Crippen molar-refractivity contribution in [3.05, 3.63) is 35.0 Å². The Kier molecular flexibility index (Phi) is 3.73. The van der Waals surface area contributed by atoms with Crippen molar-refractivity contribution >= 4 is 23.1 Å². The lowest BCUT2D eigenvalue weighted by atomic mass is 10.2. The van der Waals surface area contributed by atoms with Crippen LogP contribution in [0.5, 0.6) is 0 Å². The van der Waals surface area contributed by atoms with Gasteiger partial charge in [-0.15, -0.1) is 0 Å². The van der Waals surface area contributed by atoms with Crippen molar-refractivity contribution in [2.24, 2.45) is 4.99 Å². The van der Waals surface area contributed by atoms with Crippen LogP contribution in [0.15, 0.2) is 29.3 Å². The van der Waals surface area contributed by atoms with Crippen LogP contribution < -0.4 is 5.06 Å². The van der Waals surface area contributed by atoms with E-state index in [1.165, 1.54) is 0 Å². The van der Waals surface area contributed by atoms with Gasteiger partial charge >= 0.3 is 0 Å². The molecule has 0 aliphatic heterocycles. The number of thiocarbonyl (C=S) groups is 1. The molecule has 68 valence electrons. The standard InChI is InChI=1S/C9H10N2OS/c1-11(12)6-8-2-4-9(5-3-8)10-7-13/h2-5,11H,6H2,1H3. The molecule has 0 amide bonds. The molecule has 0 saturated carbocycles. The Balaban J connectivity index is 2.75. The lowest BCUT2D eigenvalue weighted by Gasteiger charge is -2.15. The van der Waals surface area contributed by atoms with Gasteiger partial charge in [0.05, 0.1) is 17.9 Å². The fourth-order valence-electron chi connectivity index (χ4n) is 1.03. The van der Waals surface area contributed by atoms with Gasteiger partial charge < -0.3 is 10.3 Å². The van der Waals surface area contributed by atoms with Crippen LogP contribution in [0.4, 0.5) is 5.69 Å². The highest BCUT2D eigenvalue weighted by molar-refractivity contribution is 7.78. The van der Waals surface area contributed by atoms with Crippen LogP contribution in [0.1, 0.15) is 5.56 Å². The zero-order valence-electron chi connectivity index (χ0n) is 7.28. The van der Waals surface area contributed by atoms with E-state index in [9.17, 15) is 5.21 Å². The minimum Gasteiger partial charge on any atom is -0.634 e. The molecule has 0 radical (unpaired) electrons. The summed E-state index contributed by atoms with van der Waals surface area (Å²) in [7, 11) is 1.57. The highest BCUT2D eigenvalue weighted by atomic mass is 32.1. The van der Waals surface area contributed by atoms with E-state index in [-0.39, 0.29) is 5.06 Å². The highest BCUT2D eigenvalue weighted by Gasteiger charge is 1.94. The maximum atomic E-state index is 10.8. The van der Waals surface area contributed by atoms with Gasteiger partial charge in [0.2, 0.25) is 0 Å². The molecule has 1 atom stereocenters. The third kappa shape index (κ3) is 3.44. The molecule has 0 fully saturated rings. The Morgan fingerprint density at radius 1 is 1.46 bits per heavy atom. The molecule has 3 nitrogen and oxygen atoms in total. The van der Waals surface area contributed by atoms with Crippen LogP contribution in [0.2, 0.25) is 0 Å². The van der Waals surface area contributed by atoms with Gasteiger partial charge in [0.1, 0.15) is 6.54 Å². The Hall–Kier alpha value is -1.06. The van der Waals surface area contributed by atoms with E-state index in [1.807, 2.05) is 24.3 Å². The molecule has 1 rings (SSSR count). The smallest absolute Gasteiger partial charge is 0.102 e. The summed E-state index contributed by atoms with van der Waals surface area (Å²) in [5.74, 6) is 0. The first-order chi connectivity index (χ1) is 6.22. The molecule has 0 bridgehead atoms. The molecule has 1 aromatic carbocycles. The van der Waals surface area contributed by atoms with Crippen LogP contribution in [0.25, 0.3) is 0 Å². The number of hydroxylamine groups is 2. The Morgan fingerprint density at radius 3 is 2.54 bits per heavy atom. The summed E-state index contributed by atoms with van der Waals surface area (Å²) in [6, 6.07) is 7.37. The van der Waals surface area contributed by atoms with Crippen molar-refractivity contribution in [2.45, 2.75) is 6.54 Å². The van der Waals surface area contributed by atoms with Crippen molar-refractivity contribution in [3.63, 3.8) is 0 Å². The number of nitrogens with one attached hydrogen (secondary N) is 1. The van der Waals surface area contributed by atoms with E-state index in [0.717, 1.165) is 11.3 Å². The minimum absolute atomic E-state index is 0.158. The van der Waals surface area contributed by atoms with Crippen molar-refractivity contribution in [2.75, 3.05) is 7.05 Å². The quantitative estimate of drug-likeness (QED) is 0.442. The molecule has 13 heavy (non-hydrogen) atoms. The topological polar surface area (TPSA) is 39.9 Å². The fraction of sp³-hybridized carbons (Fsp3) is 0.222. The molecular weight excluding hydrogens is 184 g/mol. The van der Waals surface area contributed by atoms with Crippen molar-refractivity contribution in [1.29, 1.82) is 0 Å². The second kappa shape index (κ2) is 4.84. The van der Waals surface area contributed by atoms with Crippen LogP contribution in [0.3, 0.4) is 0 Å². The molecule has 0 aliphatic carbocycles. The zero-order chi connectivity index (χ0) is 9.68. The maximum Gasteiger partial charge on any atom is 0.102 e. The van der Waals surface area contributed by atoms with E-state index in [1.54, 1.807) is 7.05 Å². The van der Waals surface area contributed by atoms with Gasteiger partial charge in [-0.3, -0.25) is 0 Å². The second-order valence-electron chi connectivity index (χ2n) is 2.75. The number of rotatable bonds is 3. The fourth-order valence-corrected chi connectivity index (χ4v) is 1.13. The Labute approximate surface area is 82.3 Å². The first kappa shape index (κ1) is 10.0. The number of aliphatic imine (C=N–C) groups is 1. The third-order valence-corrected chi connectivity index (χ3v) is 1.66. The summed E-state index contributed by atoms with van der Waals surface area (Å²) in [4.78, 5) is 3.81. The first-order valence-electron chi connectivity index (χ1n) is 3.88. The van der Waals surface area contributed by atoms with Gasteiger partial charge in [0.25, 0.3) is 0 Å². The van der Waals surface area contributed by atoms with E-state index in [0.29, 0.717) is 6.54 Å². The minimum atomic E-state index is 0.158. The Morgan fingerprint density at radius 2 is 2.08 bits per heavy atom. The van der Waals surface area contributed by atoms with Gasteiger partial charge in [-0.25, -0.2) is 0 Å². The molecule has 0 aromatic heterocycles. The summed E-state index contributed by atoms with van der Waals surface area (Å²) >= 11 is 4.47. The largest absolute Gasteiger partial charge is 0.634 e. The van der Waals surface area contributed by atoms with E-state index < -0.39 is 0 Å². The summed E-state index contributed by atoms with van der Waals surface area (Å²) in [5, 5.41) is 13.2. The van der Waals surface area contributed by atoms with E-state index in [2.05, 4.69) is 22.4 Å². The summed E-state index contributed by atoms with van der Waals surface area (Å²) in [6.45, 7) is 0.474. The average Bonchev–Trinajstić information content (AvgIpc) is 2.08. The zero-order valence-corrected chi connectivity index (χ0v) is 8.10. The normalized spacial score (nSPS) is 11.8. The predicted molar refractivity (Wildman–Crippen MR) is 55.1 cm³/mol. The average molecular weight is 194 g/mol. The number of benzene rings is 1. The third-order valence-electron chi connectivity index (χ3n) is 1.56. The predicted octanol–water partition coefficient (Wildman–Crippen LogP) is 0.933. The molecule has 0 aliphatic rings. The van der Waals surface area contributed by atoms with Gasteiger partial charge in [0, 0.05) is 5.56 Å². The highest BCUT2D eigenvalue weighted by Crippen LogP contribution is 2.11. The monoisotopic (exact) mass is 194 g/mol. The number of quaternary nitrogens is 1. The van der Waals surface area contributed by atoms with Crippen LogP contribution in [-0.4, -0.2) is 12.2 Å². The number of isothiocyanates is 1. The summed E-state index contributed by atoms with van der Waals surface area (Å²) in [6.07, 6.45) is 0. The molecule has 0 saturated heterocycles. The van der Waals surface area contributed by atoms with Gasteiger partial charge in [-0.05, 0) is 24.4 Å². The van der Waals surface area contributed by atoms with Crippen LogP contribution in [0, 0.1) is 5.21 Å². The van der Waals surface area contributed by atoms with Crippen LogP contribution in [-0.2, 0) is 6.54 Å². The lowest BCUT2D eigenvalue weighted by molar-refractivity contribution is -0.840. The molecule has 1 unspecified atom stereocenters. The van der Waals surface area contributed by atoms with E-state index >= 15 is 0 Å². The van der Waals surface area contributed by atoms with Crippen molar-refractivity contribution in [3.8, 4) is 0 Å². The molecule has 0 heterocycles. The number of hydrogen-bond donors (Lipinski definition) is 1. The summed E-state index contributed by atoms with van der Waals surface area (Å²) in [5.41, 5.74) is 1.76. The Bertz CT molecular complexity index is 315. The number of hydrogen-bond acceptors (Lipinski definition) is 3. The van der Waals surface area contributed by atoms with Gasteiger partial charge in [-0.1, -0.05) is 12.1 Å². The lowest BCUT2D eigenvalue weighted by Crippen LogP contribution is -3.02. The molecule has 0 spiro atoms. The van der Waals surface area contributed by atoms with Gasteiger partial charge in [-0.2, -0.15) is 4.99 Å². The van der Waals surface area contributed by atoms with Crippen molar-refractivity contribution in [1.82, 2.24) is 0 Å². The van der Waals surface area contributed by atoms with E-state index in [4.69, 9.17) is 0 Å². The molecule has 4 heteroatoms. The SMILES string of the molecule is C[NH+]([O-])Cc1ccc(N=C=S)cc1. The van der Waals surface area contributed by atoms with Gasteiger partial charge in [0.15, 0.2) is 0 Å². The molecule has 1 aromatic rings. The molecular formula is C9H10N2OS. The maximum absolute atomic E-state index is 10.8. The second-order valence-corrected chi connectivity index (χ2v) is 2.93. The number of nitrogens with zero attached hydrogens (tertiary/aromatic N) is 1. The van der Waals surface area contributed by atoms with Crippen LogP contribution >= 0.6 is 12.2 Å².